The fourth-order valence-corrected chi connectivity index (χ4v) is 7.55. The van der Waals surface area contributed by atoms with Crippen LogP contribution >= 0.6 is 0 Å². The Kier molecular flexibility index (Phi) is 49.4. The molecule has 0 radical (unpaired) electrons. The summed E-state index contributed by atoms with van der Waals surface area (Å²) >= 11 is 0. The van der Waals surface area contributed by atoms with E-state index in [1.807, 2.05) is 6.08 Å². The number of carbonyl (C=O) groups excluding carboxylic acids is 3. The van der Waals surface area contributed by atoms with Gasteiger partial charge >= 0.3 is 17.9 Å². The summed E-state index contributed by atoms with van der Waals surface area (Å²) in [4.78, 5) is 37.9. The van der Waals surface area contributed by atoms with Gasteiger partial charge in [-0.2, -0.15) is 0 Å². The summed E-state index contributed by atoms with van der Waals surface area (Å²) in [5.74, 6) is -0.976. The second-order valence-electron chi connectivity index (χ2n) is 17.8. The lowest BCUT2D eigenvalue weighted by Gasteiger charge is -2.18. The Bertz CT molecular complexity index is 1150. The highest BCUT2D eigenvalue weighted by atomic mass is 16.6. The molecule has 0 aliphatic heterocycles. The molecule has 0 aromatic heterocycles. The van der Waals surface area contributed by atoms with Gasteiger partial charge in [0.1, 0.15) is 13.2 Å². The minimum Gasteiger partial charge on any atom is -0.462 e. The van der Waals surface area contributed by atoms with E-state index in [0.29, 0.717) is 19.3 Å². The first-order chi connectivity index (χ1) is 31.0. The maximum Gasteiger partial charge on any atom is 0.306 e. The van der Waals surface area contributed by atoms with Gasteiger partial charge in [-0.15, -0.1) is 0 Å². The normalized spacial score (nSPS) is 12.5. The summed E-state index contributed by atoms with van der Waals surface area (Å²) in [6, 6.07) is 0. The van der Waals surface area contributed by atoms with Crippen LogP contribution in [0.1, 0.15) is 265 Å². The number of rotatable bonds is 48. The van der Waals surface area contributed by atoms with Crippen molar-refractivity contribution in [3.05, 3.63) is 60.8 Å². The van der Waals surface area contributed by atoms with Gasteiger partial charge in [-0.1, -0.05) is 255 Å². The van der Waals surface area contributed by atoms with Crippen LogP contribution in [0.3, 0.4) is 0 Å². The molecule has 0 aromatic carbocycles. The molecule has 0 saturated carbocycles. The van der Waals surface area contributed by atoms with Crippen molar-refractivity contribution in [2.45, 2.75) is 271 Å². The molecular weight excluding hydrogens is 781 g/mol. The molecule has 0 aliphatic rings. The Morgan fingerprint density at radius 1 is 0.333 bits per heavy atom. The van der Waals surface area contributed by atoms with E-state index in [4.69, 9.17) is 14.2 Å². The second-order valence-corrected chi connectivity index (χ2v) is 17.8. The summed E-state index contributed by atoms with van der Waals surface area (Å²) in [7, 11) is 0. The molecule has 364 valence electrons. The Labute approximate surface area is 390 Å². The summed E-state index contributed by atoms with van der Waals surface area (Å²) in [5, 5.41) is 0. The summed E-state index contributed by atoms with van der Waals surface area (Å²) in [6.45, 7) is 6.48. The number of hydrogen-bond donors (Lipinski definition) is 0. The largest absolute Gasteiger partial charge is 0.462 e. The smallest absolute Gasteiger partial charge is 0.306 e. The third-order valence-corrected chi connectivity index (χ3v) is 11.6. The highest BCUT2D eigenvalue weighted by Gasteiger charge is 2.19. The summed E-state index contributed by atoms with van der Waals surface area (Å²) in [6.07, 6.45) is 63.7. The molecule has 0 aromatic rings. The van der Waals surface area contributed by atoms with E-state index >= 15 is 0 Å². The molecule has 0 rings (SSSR count). The number of allylic oxidation sites excluding steroid dienone is 10. The highest BCUT2D eigenvalue weighted by molar-refractivity contribution is 5.71. The summed E-state index contributed by atoms with van der Waals surface area (Å²) in [5.41, 5.74) is 0. The van der Waals surface area contributed by atoms with Crippen molar-refractivity contribution in [2.75, 3.05) is 13.2 Å². The van der Waals surface area contributed by atoms with Gasteiger partial charge in [0.05, 0.1) is 0 Å². The Morgan fingerprint density at radius 3 is 0.937 bits per heavy atom. The molecule has 63 heavy (non-hydrogen) atoms. The monoisotopic (exact) mass is 881 g/mol. The predicted octanol–water partition coefficient (Wildman–Crippen LogP) is 17.6. The Morgan fingerprint density at radius 2 is 0.619 bits per heavy atom. The molecule has 0 N–H and O–H groups in total. The van der Waals surface area contributed by atoms with Gasteiger partial charge in [-0.05, 0) is 51.4 Å². The minimum atomic E-state index is -0.809. The molecule has 0 aliphatic carbocycles. The molecule has 0 amide bonds. The third-order valence-electron chi connectivity index (χ3n) is 11.6. The SMILES string of the molecule is CC/C=C\C/C=C\C/C=C\C/C=C\C/C=C\CCC(=O)OC(COC(=O)CCCCCCCCCCCCC)COC(=O)CCCCCCCCCCCCCCCCCCCC. The van der Waals surface area contributed by atoms with Crippen LogP contribution in [-0.4, -0.2) is 37.2 Å². The first-order valence-corrected chi connectivity index (χ1v) is 26.8. The van der Waals surface area contributed by atoms with Gasteiger partial charge in [0.25, 0.3) is 0 Å². The van der Waals surface area contributed by atoms with Gasteiger partial charge in [-0.3, -0.25) is 14.4 Å². The lowest BCUT2D eigenvalue weighted by molar-refractivity contribution is -0.166. The van der Waals surface area contributed by atoms with E-state index in [1.165, 1.54) is 148 Å². The highest BCUT2D eigenvalue weighted by Crippen LogP contribution is 2.16. The molecule has 0 bridgehead atoms. The van der Waals surface area contributed by atoms with Crippen LogP contribution in [0, 0.1) is 0 Å². The number of esters is 3. The zero-order valence-electron chi connectivity index (χ0n) is 41.6. The van der Waals surface area contributed by atoms with Gasteiger partial charge in [-0.25, -0.2) is 0 Å². The maximum absolute atomic E-state index is 12.8. The fraction of sp³-hybridized carbons (Fsp3) is 0.772. The van der Waals surface area contributed by atoms with Crippen molar-refractivity contribution in [3.63, 3.8) is 0 Å². The second kappa shape index (κ2) is 51.7. The lowest BCUT2D eigenvalue weighted by atomic mass is 10.0. The Balaban J connectivity index is 4.41. The average Bonchev–Trinajstić information content (AvgIpc) is 3.28. The molecule has 0 saturated heterocycles. The van der Waals surface area contributed by atoms with Crippen LogP contribution in [0.25, 0.3) is 0 Å². The molecule has 1 atom stereocenters. The van der Waals surface area contributed by atoms with Crippen LogP contribution in [0.4, 0.5) is 0 Å². The van der Waals surface area contributed by atoms with Gasteiger partial charge < -0.3 is 14.2 Å². The van der Waals surface area contributed by atoms with E-state index in [-0.39, 0.29) is 37.5 Å². The maximum atomic E-state index is 12.8. The van der Waals surface area contributed by atoms with Crippen LogP contribution in [0.15, 0.2) is 60.8 Å². The van der Waals surface area contributed by atoms with Gasteiger partial charge in [0.15, 0.2) is 6.10 Å². The number of hydrogen-bond acceptors (Lipinski definition) is 6. The first-order valence-electron chi connectivity index (χ1n) is 26.8. The van der Waals surface area contributed by atoms with Crippen molar-refractivity contribution in [2.24, 2.45) is 0 Å². The quantitative estimate of drug-likeness (QED) is 0.0262. The average molecular weight is 881 g/mol. The molecule has 6 nitrogen and oxygen atoms in total. The number of ether oxygens (including phenoxy) is 3. The first kappa shape index (κ1) is 60.1. The van der Waals surface area contributed by atoms with Crippen LogP contribution in [0.5, 0.6) is 0 Å². The van der Waals surface area contributed by atoms with Crippen LogP contribution in [0.2, 0.25) is 0 Å². The van der Waals surface area contributed by atoms with Crippen LogP contribution in [-0.2, 0) is 28.6 Å². The van der Waals surface area contributed by atoms with E-state index in [2.05, 4.69) is 75.5 Å². The third kappa shape index (κ3) is 50.0. The van der Waals surface area contributed by atoms with Crippen molar-refractivity contribution in [3.8, 4) is 0 Å². The van der Waals surface area contributed by atoms with Crippen molar-refractivity contribution < 1.29 is 28.6 Å². The van der Waals surface area contributed by atoms with Gasteiger partial charge in [0, 0.05) is 19.3 Å². The van der Waals surface area contributed by atoms with Crippen molar-refractivity contribution >= 4 is 17.9 Å². The minimum absolute atomic E-state index is 0.100. The number of unbranched alkanes of at least 4 members (excludes halogenated alkanes) is 27. The predicted molar refractivity (Wildman–Crippen MR) is 270 cm³/mol. The van der Waals surface area contributed by atoms with Gasteiger partial charge in [0.2, 0.25) is 0 Å². The van der Waals surface area contributed by atoms with E-state index in [9.17, 15) is 14.4 Å². The van der Waals surface area contributed by atoms with Crippen molar-refractivity contribution in [1.82, 2.24) is 0 Å². The molecule has 1 unspecified atom stereocenters. The fourth-order valence-electron chi connectivity index (χ4n) is 7.55. The van der Waals surface area contributed by atoms with E-state index < -0.39 is 6.10 Å². The molecule has 0 heterocycles. The number of carbonyl (C=O) groups is 3. The zero-order valence-corrected chi connectivity index (χ0v) is 41.6. The molecule has 6 heteroatoms. The summed E-state index contributed by atoms with van der Waals surface area (Å²) < 4.78 is 16.7. The standard InChI is InChI=1S/C57H100O6/c1-4-7-10-13-16-19-22-24-26-28-29-31-32-35-38-41-44-47-50-56(59)62-53-54(52-61-55(58)49-46-43-40-37-34-21-18-15-12-9-6-3)63-57(60)51-48-45-42-39-36-33-30-27-25-23-20-17-14-11-8-5-2/h8,11,17,20,25,27,33,36,42,45,54H,4-7,9-10,12-16,18-19,21-24,26,28-32,34-35,37-41,43-44,46-53H2,1-3H3/b11-8-,20-17-,27-25-,36-33-,45-42-. The lowest BCUT2D eigenvalue weighted by Crippen LogP contribution is -2.30. The molecule has 0 spiro atoms. The topological polar surface area (TPSA) is 78.9 Å². The van der Waals surface area contributed by atoms with Crippen LogP contribution < -0.4 is 0 Å². The van der Waals surface area contributed by atoms with Crippen molar-refractivity contribution in [1.29, 1.82) is 0 Å². The van der Waals surface area contributed by atoms with E-state index in [0.717, 1.165) is 70.6 Å². The van der Waals surface area contributed by atoms with E-state index in [1.54, 1.807) is 0 Å². The Hall–Kier alpha value is -2.89. The molecule has 0 fully saturated rings. The zero-order chi connectivity index (χ0) is 45.8. The molecular formula is C57H100O6.